The molecule has 0 aromatic rings. The number of aldehydes is 1. The van der Waals surface area contributed by atoms with Crippen molar-refractivity contribution in [1.29, 1.82) is 0 Å². The molecule has 52 heavy (non-hydrogen) atoms. The van der Waals surface area contributed by atoms with Crippen LogP contribution in [0.25, 0.3) is 0 Å². The molecular formula is C37H63NO14. The molecule has 16 atom stereocenters. The summed E-state index contributed by atoms with van der Waals surface area (Å²) < 4.78 is 42.1. The van der Waals surface area contributed by atoms with Gasteiger partial charge >= 0.3 is 11.9 Å². The smallest absolute Gasteiger partial charge is 0.308 e. The molecule has 4 N–H and O–H groups in total. The molecule has 0 aromatic carbocycles. The Morgan fingerprint density at radius 2 is 1.75 bits per heavy atom. The van der Waals surface area contributed by atoms with Gasteiger partial charge in [-0.2, -0.15) is 0 Å². The lowest BCUT2D eigenvalue weighted by Gasteiger charge is -2.50. The lowest BCUT2D eigenvalue weighted by atomic mass is 9.82. The van der Waals surface area contributed by atoms with E-state index in [1.165, 1.54) is 7.11 Å². The molecule has 0 unspecified atom stereocenters. The Kier molecular flexibility index (Phi) is 17.1. The molecule has 2 saturated heterocycles. The molecule has 0 spiro atoms. The first-order valence-electron chi connectivity index (χ1n) is 18.5. The van der Waals surface area contributed by atoms with Crippen LogP contribution in [0.3, 0.4) is 0 Å². The molecule has 3 heterocycles. The number of hydrogen-bond acceptors (Lipinski definition) is 15. The van der Waals surface area contributed by atoms with E-state index in [0.717, 1.165) is 6.29 Å². The van der Waals surface area contributed by atoms with E-state index in [9.17, 15) is 34.8 Å². The van der Waals surface area contributed by atoms with Crippen LogP contribution in [-0.2, 0) is 47.5 Å². The first-order valence-corrected chi connectivity index (χ1v) is 18.5. The monoisotopic (exact) mass is 745 g/mol. The molecule has 15 heteroatoms. The molecule has 0 bridgehead atoms. The Morgan fingerprint density at radius 1 is 1.06 bits per heavy atom. The maximum Gasteiger partial charge on any atom is 0.308 e. The average Bonchev–Trinajstić information content (AvgIpc) is 3.03. The quantitative estimate of drug-likeness (QED) is 0.135. The van der Waals surface area contributed by atoms with Gasteiger partial charge in [-0.25, -0.2) is 0 Å². The van der Waals surface area contributed by atoms with Gasteiger partial charge in [-0.15, -0.1) is 0 Å². The molecule has 0 saturated carbocycles. The summed E-state index contributed by atoms with van der Waals surface area (Å²) in [6.07, 6.45) is -6.71. The van der Waals surface area contributed by atoms with Gasteiger partial charge in [0.15, 0.2) is 18.7 Å². The summed E-state index contributed by atoms with van der Waals surface area (Å²) in [6, 6.07) is -0.742. The molecule has 3 rings (SSSR count). The molecule has 0 aromatic heterocycles. The van der Waals surface area contributed by atoms with E-state index < -0.39 is 110 Å². The second kappa shape index (κ2) is 20.0. The van der Waals surface area contributed by atoms with Crippen LogP contribution in [0.5, 0.6) is 0 Å². The van der Waals surface area contributed by atoms with E-state index in [4.69, 9.17) is 33.2 Å². The summed E-state index contributed by atoms with van der Waals surface area (Å²) in [4.78, 5) is 38.8. The number of carbonyl (C=O) groups excluding carboxylic acids is 3. The number of aliphatic hydroxyl groups is 4. The molecule has 3 aliphatic heterocycles. The van der Waals surface area contributed by atoms with Gasteiger partial charge in [0.05, 0.1) is 43.0 Å². The third-order valence-corrected chi connectivity index (χ3v) is 10.3. The minimum Gasteiger partial charge on any atom is -0.462 e. The summed E-state index contributed by atoms with van der Waals surface area (Å²) in [5.74, 6) is -2.08. The summed E-state index contributed by atoms with van der Waals surface area (Å²) in [6.45, 7) is 10.4. The van der Waals surface area contributed by atoms with Crippen molar-refractivity contribution in [2.75, 3.05) is 21.2 Å². The normalized spacial score (nSPS) is 43.3. The molecule has 3 aliphatic rings. The fraction of sp³-hybridized carbons (Fsp3) is 0.865. The predicted molar refractivity (Wildman–Crippen MR) is 187 cm³/mol. The fourth-order valence-electron chi connectivity index (χ4n) is 7.54. The Hall–Kier alpha value is -2.05. The van der Waals surface area contributed by atoms with Gasteiger partial charge in [0.1, 0.15) is 36.3 Å². The third-order valence-electron chi connectivity index (χ3n) is 10.3. The number of hydrogen-bond donors (Lipinski definition) is 4. The molecule has 15 nitrogen and oxygen atoms in total. The first-order chi connectivity index (χ1) is 24.4. The number of rotatable bonds is 11. The molecule has 0 aliphatic carbocycles. The van der Waals surface area contributed by atoms with Gasteiger partial charge in [0.25, 0.3) is 0 Å². The number of carbonyl (C=O) groups is 3. The van der Waals surface area contributed by atoms with Gasteiger partial charge < -0.3 is 63.3 Å². The van der Waals surface area contributed by atoms with Crippen LogP contribution in [0.15, 0.2) is 12.2 Å². The highest BCUT2D eigenvalue weighted by Gasteiger charge is 2.52. The molecular weight excluding hydrogens is 682 g/mol. The van der Waals surface area contributed by atoms with Crippen molar-refractivity contribution in [3.63, 3.8) is 0 Å². The van der Waals surface area contributed by atoms with Crippen molar-refractivity contribution >= 4 is 18.2 Å². The second-order valence-corrected chi connectivity index (χ2v) is 15.2. The van der Waals surface area contributed by atoms with Crippen LogP contribution >= 0.6 is 0 Å². The second-order valence-electron chi connectivity index (χ2n) is 15.2. The van der Waals surface area contributed by atoms with Crippen LogP contribution in [-0.4, -0.2) is 150 Å². The maximum atomic E-state index is 12.8. The van der Waals surface area contributed by atoms with E-state index in [-0.39, 0.29) is 31.6 Å². The highest BCUT2D eigenvalue weighted by molar-refractivity contribution is 5.70. The predicted octanol–water partition coefficient (Wildman–Crippen LogP) is 1.64. The summed E-state index contributed by atoms with van der Waals surface area (Å²) >= 11 is 0. The van der Waals surface area contributed by atoms with E-state index in [2.05, 4.69) is 0 Å². The third kappa shape index (κ3) is 11.7. The van der Waals surface area contributed by atoms with Gasteiger partial charge in [-0.1, -0.05) is 26.0 Å². The van der Waals surface area contributed by atoms with Gasteiger partial charge in [0, 0.05) is 32.8 Å². The number of likely N-dealkylation sites (N-methyl/N-ethyl adjacent to an activating group) is 1. The van der Waals surface area contributed by atoms with E-state index in [1.54, 1.807) is 58.8 Å². The van der Waals surface area contributed by atoms with Crippen LogP contribution in [0.4, 0.5) is 0 Å². The Balaban J connectivity index is 1.89. The lowest BCUT2D eigenvalue weighted by Crippen LogP contribution is -2.66. The van der Waals surface area contributed by atoms with Gasteiger partial charge in [-0.05, 0) is 66.5 Å². The number of ether oxygens (including phenoxy) is 7. The molecule has 300 valence electrons. The van der Waals surface area contributed by atoms with Crippen molar-refractivity contribution in [1.82, 2.24) is 4.90 Å². The standard InChI is InChI=1S/C37H63NO14/c1-10-12-27(42)50-35-23(5)48-29(19-37(35,6)45)51-32-22(4)49-36(31(44)30(32)38(7)8)52-33-24(15-16-39)17-20(2)25(40)14-11-13-21(3)47-28(43)18-26(41)34(33)46-9/h11,14,16,20-26,29-36,40-41,44-45H,10,12-13,15,17-19H2,1-9H3/b14-11+/t20-,21-,22-,23+,24+,25+,26-,29+,30-,31-,32-,33+,34+,35+,36+,37-/m1/s1. The summed E-state index contributed by atoms with van der Waals surface area (Å²) in [7, 11) is 4.86. The van der Waals surface area contributed by atoms with Crippen LogP contribution in [0, 0.1) is 11.8 Å². The zero-order valence-corrected chi connectivity index (χ0v) is 32.2. The van der Waals surface area contributed by atoms with Gasteiger partial charge in [0.2, 0.25) is 0 Å². The summed E-state index contributed by atoms with van der Waals surface area (Å²) in [5.41, 5.74) is -1.47. The Morgan fingerprint density at radius 3 is 2.35 bits per heavy atom. The minimum atomic E-state index is -1.47. The average molecular weight is 746 g/mol. The molecule has 0 radical (unpaired) electrons. The number of methoxy groups -OCH3 is 1. The van der Waals surface area contributed by atoms with Crippen LogP contribution in [0.2, 0.25) is 0 Å². The van der Waals surface area contributed by atoms with E-state index in [0.29, 0.717) is 12.8 Å². The minimum absolute atomic E-state index is 0.0237. The van der Waals surface area contributed by atoms with E-state index >= 15 is 0 Å². The van der Waals surface area contributed by atoms with Crippen molar-refractivity contribution in [3.8, 4) is 0 Å². The fourth-order valence-corrected chi connectivity index (χ4v) is 7.54. The van der Waals surface area contributed by atoms with Crippen molar-refractivity contribution in [2.45, 2.75) is 172 Å². The van der Waals surface area contributed by atoms with E-state index in [1.807, 2.05) is 13.8 Å². The Bertz CT molecular complexity index is 1170. The maximum absolute atomic E-state index is 12.8. The topological polar surface area (TPSA) is 200 Å². The molecule has 2 fully saturated rings. The first kappa shape index (κ1) is 44.3. The molecule has 0 amide bonds. The van der Waals surface area contributed by atoms with Crippen LogP contribution in [0.1, 0.15) is 86.5 Å². The lowest BCUT2D eigenvalue weighted by molar-refractivity contribution is -0.344. The van der Waals surface area contributed by atoms with Gasteiger partial charge in [-0.3, -0.25) is 9.59 Å². The highest BCUT2D eigenvalue weighted by Crippen LogP contribution is 2.37. The SMILES string of the molecule is CCCC(=O)O[C@H]1[C@H](C)O[C@@H](O[C@H]2[C@H](N(C)C)[C@@H](O)[C@H](O[C@H]3[C@@H](CC=O)C[C@@H](C)[C@@H](O)/C=C/C[C@@H](C)OC(=O)C[C@@H](O)[C@@H]3OC)O[C@@H]2C)C[C@@]1(C)O. The summed E-state index contributed by atoms with van der Waals surface area (Å²) in [5, 5.41) is 45.4. The Labute approximate surface area is 307 Å². The van der Waals surface area contributed by atoms with Crippen molar-refractivity contribution < 1.29 is 68.0 Å². The largest absolute Gasteiger partial charge is 0.462 e. The van der Waals surface area contributed by atoms with Crippen molar-refractivity contribution in [3.05, 3.63) is 12.2 Å². The highest BCUT2D eigenvalue weighted by atomic mass is 16.7. The zero-order valence-electron chi connectivity index (χ0n) is 32.2. The number of cyclic esters (lactones) is 1. The van der Waals surface area contributed by atoms with Crippen molar-refractivity contribution in [2.24, 2.45) is 11.8 Å². The van der Waals surface area contributed by atoms with Crippen LogP contribution < -0.4 is 0 Å². The number of aliphatic hydroxyl groups excluding tert-OH is 3. The number of nitrogens with zero attached hydrogens (tertiary/aromatic N) is 1. The zero-order chi connectivity index (χ0) is 38.9. The number of esters is 2.